The fraction of sp³-hybridized carbons (Fsp3) is 0.625. The molecule has 1 aromatic rings. The second-order valence-corrected chi connectivity index (χ2v) is 5.68. The molecule has 3 nitrogen and oxygen atoms in total. The van der Waals surface area contributed by atoms with Crippen molar-refractivity contribution in [2.24, 2.45) is 5.92 Å². The maximum atomic E-state index is 5.28. The van der Waals surface area contributed by atoms with Crippen LogP contribution in [-0.4, -0.2) is 38.7 Å². The number of ether oxygens (including phenoxy) is 1. The average molecular weight is 262 g/mol. The Morgan fingerprint density at radius 3 is 2.68 bits per heavy atom. The highest BCUT2D eigenvalue weighted by Crippen LogP contribution is 2.19. The smallest absolute Gasteiger partial charge is 0.121 e. The van der Waals surface area contributed by atoms with Gasteiger partial charge in [-0.15, -0.1) is 0 Å². The van der Waals surface area contributed by atoms with Crippen LogP contribution in [0.3, 0.4) is 0 Å². The van der Waals surface area contributed by atoms with E-state index >= 15 is 0 Å². The van der Waals surface area contributed by atoms with Gasteiger partial charge in [-0.2, -0.15) is 0 Å². The van der Waals surface area contributed by atoms with E-state index in [2.05, 4.69) is 42.4 Å². The quantitative estimate of drug-likeness (QED) is 0.882. The molecule has 1 heterocycles. The molecule has 0 unspecified atom stereocenters. The second-order valence-electron chi connectivity index (χ2n) is 5.68. The molecule has 0 aromatic heterocycles. The van der Waals surface area contributed by atoms with Crippen LogP contribution >= 0.6 is 0 Å². The van der Waals surface area contributed by atoms with Crippen LogP contribution in [0.15, 0.2) is 18.2 Å². The molecule has 0 amide bonds. The summed E-state index contributed by atoms with van der Waals surface area (Å²) in [5.41, 5.74) is 2.55. The van der Waals surface area contributed by atoms with Gasteiger partial charge in [0.2, 0.25) is 0 Å². The van der Waals surface area contributed by atoms with Crippen molar-refractivity contribution in [2.45, 2.75) is 26.3 Å². The summed E-state index contributed by atoms with van der Waals surface area (Å²) in [5, 5.41) is 3.59. The molecule has 1 N–H and O–H groups in total. The van der Waals surface area contributed by atoms with Crippen molar-refractivity contribution in [1.29, 1.82) is 0 Å². The van der Waals surface area contributed by atoms with Crippen LogP contribution in [0.5, 0.6) is 5.75 Å². The van der Waals surface area contributed by atoms with Crippen LogP contribution in [0, 0.1) is 12.8 Å². The first kappa shape index (κ1) is 14.4. The van der Waals surface area contributed by atoms with Crippen molar-refractivity contribution >= 4 is 0 Å². The molecule has 0 atom stereocenters. The van der Waals surface area contributed by atoms with Crippen LogP contribution in [0.2, 0.25) is 0 Å². The maximum Gasteiger partial charge on any atom is 0.121 e. The maximum absolute atomic E-state index is 5.28. The molecule has 3 heteroatoms. The number of hydrogen-bond donors (Lipinski definition) is 1. The second kappa shape index (κ2) is 6.92. The first-order valence-corrected chi connectivity index (χ1v) is 7.22. The van der Waals surface area contributed by atoms with Gasteiger partial charge in [-0.05, 0) is 69.6 Å². The zero-order valence-corrected chi connectivity index (χ0v) is 12.4. The number of benzene rings is 1. The molecule has 2 rings (SSSR count). The minimum Gasteiger partial charge on any atom is -0.496 e. The topological polar surface area (TPSA) is 24.5 Å². The van der Waals surface area contributed by atoms with E-state index in [1.165, 1.54) is 37.1 Å². The Labute approximate surface area is 116 Å². The number of likely N-dealkylation sites (tertiary alicyclic amines) is 1. The minimum atomic E-state index is 0.843. The highest BCUT2D eigenvalue weighted by atomic mass is 16.5. The molecule has 1 saturated heterocycles. The molecule has 0 radical (unpaired) electrons. The molecular weight excluding hydrogens is 236 g/mol. The van der Waals surface area contributed by atoms with Gasteiger partial charge >= 0.3 is 0 Å². The summed E-state index contributed by atoms with van der Waals surface area (Å²) in [6.07, 6.45) is 2.65. The summed E-state index contributed by atoms with van der Waals surface area (Å²) in [6.45, 7) is 6.68. The number of rotatable bonds is 5. The van der Waals surface area contributed by atoms with Gasteiger partial charge in [-0.3, -0.25) is 0 Å². The highest BCUT2D eigenvalue weighted by Gasteiger charge is 2.15. The molecule has 1 aromatic carbocycles. The van der Waals surface area contributed by atoms with E-state index in [0.29, 0.717) is 0 Å². The molecule has 106 valence electrons. The van der Waals surface area contributed by atoms with Crippen molar-refractivity contribution in [3.63, 3.8) is 0 Å². The number of nitrogens with one attached hydrogen (secondary N) is 1. The summed E-state index contributed by atoms with van der Waals surface area (Å²) < 4.78 is 5.28. The highest BCUT2D eigenvalue weighted by molar-refractivity contribution is 5.36. The van der Waals surface area contributed by atoms with E-state index < -0.39 is 0 Å². The number of methoxy groups -OCH3 is 1. The number of piperidine rings is 1. The lowest BCUT2D eigenvalue weighted by molar-refractivity contribution is 0.216. The monoisotopic (exact) mass is 262 g/mol. The third-order valence-electron chi connectivity index (χ3n) is 4.06. The van der Waals surface area contributed by atoms with Gasteiger partial charge < -0.3 is 15.0 Å². The number of nitrogens with zero attached hydrogens (tertiary/aromatic N) is 1. The standard InChI is InChI=1S/C16H26N2O/c1-13-10-15(4-5-16(13)19-3)12-17-11-14-6-8-18(2)9-7-14/h4-5,10,14,17H,6-9,11-12H2,1-3H3. The lowest BCUT2D eigenvalue weighted by Crippen LogP contribution is -2.34. The molecule has 19 heavy (non-hydrogen) atoms. The average Bonchev–Trinajstić information content (AvgIpc) is 2.41. The van der Waals surface area contributed by atoms with E-state index in [-0.39, 0.29) is 0 Å². The first-order valence-electron chi connectivity index (χ1n) is 7.22. The molecule has 0 bridgehead atoms. The van der Waals surface area contributed by atoms with Gasteiger partial charge in [0, 0.05) is 6.54 Å². The summed E-state index contributed by atoms with van der Waals surface area (Å²) in [7, 11) is 3.93. The van der Waals surface area contributed by atoms with Crippen LogP contribution in [0.4, 0.5) is 0 Å². The third kappa shape index (κ3) is 4.22. The van der Waals surface area contributed by atoms with Crippen LogP contribution in [0.1, 0.15) is 24.0 Å². The van der Waals surface area contributed by atoms with Crippen LogP contribution < -0.4 is 10.1 Å². The van der Waals surface area contributed by atoms with Gasteiger partial charge in [0.05, 0.1) is 7.11 Å². The lowest BCUT2D eigenvalue weighted by atomic mass is 9.97. The lowest BCUT2D eigenvalue weighted by Gasteiger charge is -2.29. The Bertz CT molecular complexity index is 398. The van der Waals surface area contributed by atoms with Crippen LogP contribution in [0.25, 0.3) is 0 Å². The Kier molecular flexibility index (Phi) is 5.23. The normalized spacial score (nSPS) is 17.6. The number of hydrogen-bond acceptors (Lipinski definition) is 3. The van der Waals surface area contributed by atoms with Crippen molar-refractivity contribution in [2.75, 3.05) is 33.8 Å². The Hall–Kier alpha value is -1.06. The summed E-state index contributed by atoms with van der Waals surface area (Å²) >= 11 is 0. The predicted molar refractivity (Wildman–Crippen MR) is 79.7 cm³/mol. The Morgan fingerprint density at radius 2 is 2.05 bits per heavy atom. The van der Waals surface area contributed by atoms with E-state index in [4.69, 9.17) is 4.74 Å². The van der Waals surface area contributed by atoms with Gasteiger partial charge in [0.1, 0.15) is 5.75 Å². The van der Waals surface area contributed by atoms with Gasteiger partial charge in [0.25, 0.3) is 0 Å². The zero-order chi connectivity index (χ0) is 13.7. The molecule has 0 aliphatic carbocycles. The van der Waals surface area contributed by atoms with Crippen molar-refractivity contribution in [3.05, 3.63) is 29.3 Å². The molecule has 1 fully saturated rings. The molecule has 1 aliphatic heterocycles. The predicted octanol–water partition coefficient (Wildman–Crippen LogP) is 2.44. The van der Waals surface area contributed by atoms with Crippen molar-refractivity contribution in [1.82, 2.24) is 10.2 Å². The fourth-order valence-electron chi connectivity index (χ4n) is 2.74. The summed E-state index contributed by atoms with van der Waals surface area (Å²) in [4.78, 5) is 2.42. The van der Waals surface area contributed by atoms with E-state index in [1.807, 2.05) is 0 Å². The molecule has 0 saturated carbocycles. The van der Waals surface area contributed by atoms with E-state index in [9.17, 15) is 0 Å². The van der Waals surface area contributed by atoms with E-state index in [0.717, 1.165) is 24.8 Å². The Morgan fingerprint density at radius 1 is 1.32 bits per heavy atom. The van der Waals surface area contributed by atoms with E-state index in [1.54, 1.807) is 7.11 Å². The number of aryl methyl sites for hydroxylation is 1. The minimum absolute atomic E-state index is 0.843. The van der Waals surface area contributed by atoms with Gasteiger partial charge in [0.15, 0.2) is 0 Å². The molecule has 0 spiro atoms. The molecule has 1 aliphatic rings. The SMILES string of the molecule is COc1ccc(CNCC2CCN(C)CC2)cc1C. The molecular formula is C16H26N2O. The Balaban J connectivity index is 1.75. The third-order valence-corrected chi connectivity index (χ3v) is 4.06. The zero-order valence-electron chi connectivity index (χ0n) is 12.4. The largest absolute Gasteiger partial charge is 0.496 e. The fourth-order valence-corrected chi connectivity index (χ4v) is 2.74. The van der Waals surface area contributed by atoms with Crippen molar-refractivity contribution < 1.29 is 4.74 Å². The van der Waals surface area contributed by atoms with Gasteiger partial charge in [-0.1, -0.05) is 12.1 Å². The van der Waals surface area contributed by atoms with Gasteiger partial charge in [-0.25, -0.2) is 0 Å². The first-order chi connectivity index (χ1) is 9.19. The summed E-state index contributed by atoms with van der Waals surface area (Å²) in [5.74, 6) is 1.81. The summed E-state index contributed by atoms with van der Waals surface area (Å²) in [6, 6.07) is 6.41. The van der Waals surface area contributed by atoms with Crippen molar-refractivity contribution in [3.8, 4) is 5.75 Å². The van der Waals surface area contributed by atoms with Crippen LogP contribution in [-0.2, 0) is 6.54 Å².